The lowest BCUT2D eigenvalue weighted by molar-refractivity contribution is 0.784. The van der Waals surface area contributed by atoms with E-state index >= 15 is 0 Å². The average Bonchev–Trinajstić information content (AvgIpc) is 2.16. The fourth-order valence-corrected chi connectivity index (χ4v) is 1.76. The molecule has 0 aromatic heterocycles. The van der Waals surface area contributed by atoms with Gasteiger partial charge in [-0.1, -0.05) is 32.4 Å². The molecule has 0 N–H and O–H groups in total. The van der Waals surface area contributed by atoms with Crippen LogP contribution in [0, 0.1) is 0 Å². The van der Waals surface area contributed by atoms with Crippen molar-refractivity contribution in [1.82, 2.24) is 0 Å². The number of hydrogen-bond donors (Lipinski definition) is 1. The summed E-state index contributed by atoms with van der Waals surface area (Å²) in [6.07, 6.45) is 4.78. The highest BCUT2D eigenvalue weighted by molar-refractivity contribution is 7.80. The highest BCUT2D eigenvalue weighted by atomic mass is 32.1. The normalized spacial score (nSPS) is 10.4. The van der Waals surface area contributed by atoms with Crippen LogP contribution in [0.5, 0.6) is 0 Å². The molecule has 0 aliphatic heterocycles. The van der Waals surface area contributed by atoms with E-state index in [1.54, 1.807) is 0 Å². The molecule has 0 fully saturated rings. The summed E-state index contributed by atoms with van der Waals surface area (Å²) in [6.45, 7) is 4.40. The van der Waals surface area contributed by atoms with Crippen molar-refractivity contribution in [1.29, 1.82) is 0 Å². The Morgan fingerprint density at radius 2 is 2.00 bits per heavy atom. The molecule has 1 rings (SSSR count). The molecule has 13 heavy (non-hydrogen) atoms. The standard InChI is InChI=1S/C12H18S/c1-3-5-6-11-8-7-10(4-2)9-12(11)13/h7-9,13H,3-6H2,1-2H3. The first kappa shape index (κ1) is 10.6. The fourth-order valence-electron chi connectivity index (χ4n) is 1.41. The van der Waals surface area contributed by atoms with Crippen LogP contribution in [-0.4, -0.2) is 0 Å². The SMILES string of the molecule is CCCCc1ccc(CC)cc1S. The second-order valence-electron chi connectivity index (χ2n) is 3.42. The molecule has 0 amide bonds. The molecule has 0 nitrogen and oxygen atoms in total. The van der Waals surface area contributed by atoms with Gasteiger partial charge >= 0.3 is 0 Å². The summed E-state index contributed by atoms with van der Waals surface area (Å²) in [5.74, 6) is 0. The minimum absolute atomic E-state index is 1.10. The summed E-state index contributed by atoms with van der Waals surface area (Å²) in [5.41, 5.74) is 2.77. The topological polar surface area (TPSA) is 0 Å². The van der Waals surface area contributed by atoms with Gasteiger partial charge in [0.2, 0.25) is 0 Å². The number of thiol groups is 1. The van der Waals surface area contributed by atoms with E-state index in [2.05, 4.69) is 44.7 Å². The van der Waals surface area contributed by atoms with Gasteiger partial charge in [-0.25, -0.2) is 0 Å². The smallest absolute Gasteiger partial charge is 0.00747 e. The minimum Gasteiger partial charge on any atom is -0.143 e. The molecule has 0 aliphatic carbocycles. The summed E-state index contributed by atoms with van der Waals surface area (Å²) >= 11 is 4.49. The Morgan fingerprint density at radius 3 is 2.54 bits per heavy atom. The first-order valence-electron chi connectivity index (χ1n) is 5.08. The maximum atomic E-state index is 4.49. The minimum atomic E-state index is 1.10. The van der Waals surface area contributed by atoms with Crippen molar-refractivity contribution in [2.24, 2.45) is 0 Å². The van der Waals surface area contributed by atoms with Gasteiger partial charge in [-0.05, 0) is 36.5 Å². The molecule has 0 unspecified atom stereocenters. The van der Waals surface area contributed by atoms with Gasteiger partial charge in [-0.2, -0.15) is 0 Å². The lowest BCUT2D eigenvalue weighted by Crippen LogP contribution is -1.89. The van der Waals surface area contributed by atoms with Crippen molar-refractivity contribution < 1.29 is 0 Å². The zero-order chi connectivity index (χ0) is 9.68. The number of hydrogen-bond acceptors (Lipinski definition) is 1. The van der Waals surface area contributed by atoms with Gasteiger partial charge in [0.1, 0.15) is 0 Å². The summed E-state index contributed by atoms with van der Waals surface area (Å²) in [6, 6.07) is 6.62. The monoisotopic (exact) mass is 194 g/mol. The van der Waals surface area contributed by atoms with E-state index in [0.717, 1.165) is 11.3 Å². The first-order chi connectivity index (χ1) is 6.27. The maximum absolute atomic E-state index is 4.49. The lowest BCUT2D eigenvalue weighted by Gasteiger charge is -2.05. The third-order valence-electron chi connectivity index (χ3n) is 2.36. The molecule has 0 saturated heterocycles. The maximum Gasteiger partial charge on any atom is 0.00747 e. The predicted octanol–water partition coefficient (Wildman–Crippen LogP) is 3.88. The van der Waals surface area contributed by atoms with Crippen molar-refractivity contribution in [3.8, 4) is 0 Å². The Labute approximate surface area is 86.8 Å². The van der Waals surface area contributed by atoms with Crippen molar-refractivity contribution in [3.05, 3.63) is 29.3 Å². The summed E-state index contributed by atoms with van der Waals surface area (Å²) < 4.78 is 0. The molecular formula is C12H18S. The van der Waals surface area contributed by atoms with Crippen LogP contribution in [0.1, 0.15) is 37.8 Å². The van der Waals surface area contributed by atoms with E-state index in [9.17, 15) is 0 Å². The number of unbranched alkanes of at least 4 members (excludes halogenated alkanes) is 1. The molecule has 0 bridgehead atoms. The molecule has 72 valence electrons. The van der Waals surface area contributed by atoms with Gasteiger partial charge in [0.25, 0.3) is 0 Å². The molecule has 0 heterocycles. The van der Waals surface area contributed by atoms with Crippen LogP contribution in [0.2, 0.25) is 0 Å². The largest absolute Gasteiger partial charge is 0.143 e. The van der Waals surface area contributed by atoms with Crippen LogP contribution >= 0.6 is 12.6 Å². The molecule has 1 aromatic carbocycles. The summed E-state index contributed by atoms with van der Waals surface area (Å²) in [7, 11) is 0. The quantitative estimate of drug-likeness (QED) is 0.691. The third-order valence-corrected chi connectivity index (χ3v) is 2.77. The Morgan fingerprint density at radius 1 is 1.23 bits per heavy atom. The molecule has 0 spiro atoms. The Kier molecular flexibility index (Phi) is 4.37. The van der Waals surface area contributed by atoms with E-state index in [1.165, 1.54) is 30.4 Å². The van der Waals surface area contributed by atoms with Crippen LogP contribution in [0.4, 0.5) is 0 Å². The Balaban J connectivity index is 2.73. The third kappa shape index (κ3) is 3.07. The van der Waals surface area contributed by atoms with E-state index in [0.29, 0.717) is 0 Å². The number of benzene rings is 1. The molecule has 1 heteroatoms. The van der Waals surface area contributed by atoms with Crippen molar-refractivity contribution in [3.63, 3.8) is 0 Å². The molecule has 0 radical (unpaired) electrons. The first-order valence-corrected chi connectivity index (χ1v) is 5.53. The molecule has 1 aromatic rings. The summed E-state index contributed by atoms with van der Waals surface area (Å²) in [5, 5.41) is 0. The van der Waals surface area contributed by atoms with Crippen LogP contribution in [0.15, 0.2) is 23.1 Å². The van der Waals surface area contributed by atoms with E-state index in [4.69, 9.17) is 0 Å². The molecule has 0 atom stereocenters. The van der Waals surface area contributed by atoms with Crippen LogP contribution in [0.3, 0.4) is 0 Å². The second-order valence-corrected chi connectivity index (χ2v) is 3.90. The van der Waals surface area contributed by atoms with Crippen LogP contribution in [0.25, 0.3) is 0 Å². The Bertz CT molecular complexity index is 266. The van der Waals surface area contributed by atoms with E-state index in [1.807, 2.05) is 0 Å². The van der Waals surface area contributed by atoms with Gasteiger partial charge in [-0.3, -0.25) is 0 Å². The van der Waals surface area contributed by atoms with Crippen molar-refractivity contribution >= 4 is 12.6 Å². The second kappa shape index (κ2) is 5.33. The Hall–Kier alpha value is -0.430. The van der Waals surface area contributed by atoms with E-state index < -0.39 is 0 Å². The number of aryl methyl sites for hydroxylation is 2. The zero-order valence-corrected chi connectivity index (χ0v) is 9.40. The fraction of sp³-hybridized carbons (Fsp3) is 0.500. The van der Waals surface area contributed by atoms with Crippen molar-refractivity contribution in [2.45, 2.75) is 44.4 Å². The van der Waals surface area contributed by atoms with Gasteiger partial charge < -0.3 is 0 Å². The van der Waals surface area contributed by atoms with Gasteiger partial charge in [0, 0.05) is 4.90 Å². The van der Waals surface area contributed by atoms with Gasteiger partial charge in [-0.15, -0.1) is 12.6 Å². The van der Waals surface area contributed by atoms with E-state index in [-0.39, 0.29) is 0 Å². The lowest BCUT2D eigenvalue weighted by atomic mass is 10.1. The van der Waals surface area contributed by atoms with Gasteiger partial charge in [0.15, 0.2) is 0 Å². The molecular weight excluding hydrogens is 176 g/mol. The van der Waals surface area contributed by atoms with Crippen LogP contribution in [-0.2, 0) is 12.8 Å². The number of rotatable bonds is 4. The zero-order valence-electron chi connectivity index (χ0n) is 8.51. The molecule has 0 aliphatic rings. The highest BCUT2D eigenvalue weighted by Crippen LogP contribution is 2.18. The van der Waals surface area contributed by atoms with Crippen LogP contribution < -0.4 is 0 Å². The predicted molar refractivity (Wildman–Crippen MR) is 61.7 cm³/mol. The van der Waals surface area contributed by atoms with Crippen molar-refractivity contribution in [2.75, 3.05) is 0 Å². The average molecular weight is 194 g/mol. The highest BCUT2D eigenvalue weighted by Gasteiger charge is 1.99. The van der Waals surface area contributed by atoms with Gasteiger partial charge in [0.05, 0.1) is 0 Å². The summed E-state index contributed by atoms with van der Waals surface area (Å²) in [4.78, 5) is 1.16. The molecule has 0 saturated carbocycles.